The molecule has 0 aliphatic carbocycles. The van der Waals surface area contributed by atoms with E-state index in [0.29, 0.717) is 6.04 Å². The molecule has 1 aromatic rings. The van der Waals surface area contributed by atoms with Crippen molar-refractivity contribution >= 4 is 11.6 Å². The van der Waals surface area contributed by atoms with Gasteiger partial charge in [0.15, 0.2) is 0 Å². The quantitative estimate of drug-likeness (QED) is 0.916. The molecule has 0 aromatic heterocycles. The second-order valence-electron chi connectivity index (χ2n) is 5.70. The van der Waals surface area contributed by atoms with Gasteiger partial charge in [0.05, 0.1) is 0 Å². The summed E-state index contributed by atoms with van der Waals surface area (Å²) in [6.07, 6.45) is 3.26. The molecule has 0 spiro atoms. The lowest BCUT2D eigenvalue weighted by atomic mass is 10.1. The largest absolute Gasteiger partial charge is 0.378 e. The number of rotatable bonds is 3. The van der Waals surface area contributed by atoms with E-state index in [-0.39, 0.29) is 5.91 Å². The average Bonchev–Trinajstić information content (AvgIpc) is 2.75. The first-order valence-electron chi connectivity index (χ1n) is 7.35. The minimum Gasteiger partial charge on any atom is -0.378 e. The number of nitrogens with one attached hydrogen (secondary N) is 1. The lowest BCUT2D eigenvalue weighted by molar-refractivity contribution is 0.0720. The molecule has 0 radical (unpaired) electrons. The zero-order chi connectivity index (χ0) is 14.5. The second-order valence-corrected chi connectivity index (χ2v) is 5.70. The molecule has 1 aromatic carbocycles. The van der Waals surface area contributed by atoms with Gasteiger partial charge in [0.25, 0.3) is 5.91 Å². The summed E-state index contributed by atoms with van der Waals surface area (Å²) >= 11 is 0. The average molecular weight is 275 g/mol. The number of anilines is 1. The van der Waals surface area contributed by atoms with Gasteiger partial charge in [-0.1, -0.05) is 6.07 Å². The third kappa shape index (κ3) is 3.51. The van der Waals surface area contributed by atoms with Gasteiger partial charge in [-0.3, -0.25) is 4.79 Å². The number of benzene rings is 1. The summed E-state index contributed by atoms with van der Waals surface area (Å²) < 4.78 is 0. The van der Waals surface area contributed by atoms with Crippen LogP contribution in [0.25, 0.3) is 0 Å². The number of hydrogen-bond donors (Lipinski definition) is 1. The van der Waals surface area contributed by atoms with E-state index in [1.807, 2.05) is 55.2 Å². The summed E-state index contributed by atoms with van der Waals surface area (Å²) in [5, 5.41) is 3.39. The van der Waals surface area contributed by atoms with Crippen molar-refractivity contribution in [2.75, 3.05) is 39.1 Å². The molecule has 4 nitrogen and oxygen atoms in total. The van der Waals surface area contributed by atoms with Crippen LogP contribution in [-0.4, -0.2) is 51.1 Å². The molecular weight excluding hydrogens is 250 g/mol. The van der Waals surface area contributed by atoms with Gasteiger partial charge in [-0.25, -0.2) is 0 Å². The second kappa shape index (κ2) is 6.75. The van der Waals surface area contributed by atoms with Gasteiger partial charge in [-0.15, -0.1) is 0 Å². The summed E-state index contributed by atoms with van der Waals surface area (Å²) in [5.74, 6) is 0.126. The van der Waals surface area contributed by atoms with E-state index in [0.717, 1.165) is 43.6 Å². The van der Waals surface area contributed by atoms with Crippen molar-refractivity contribution in [2.24, 2.45) is 0 Å². The molecule has 4 heteroatoms. The van der Waals surface area contributed by atoms with E-state index in [4.69, 9.17) is 0 Å². The predicted octanol–water partition coefficient (Wildman–Crippen LogP) is 1.97. The standard InChI is InChI=1S/C16H25N3O/c1-18(2)15-7-4-6-13(12-15)16(20)19(3)14-8-5-10-17-11-9-14/h4,6-7,12,14,17H,5,8-11H2,1-3H3. The van der Waals surface area contributed by atoms with Crippen LogP contribution in [0.4, 0.5) is 5.69 Å². The molecule has 0 bridgehead atoms. The maximum atomic E-state index is 12.6. The maximum Gasteiger partial charge on any atom is 0.253 e. The highest BCUT2D eigenvalue weighted by Crippen LogP contribution is 2.18. The van der Waals surface area contributed by atoms with Crippen molar-refractivity contribution in [3.05, 3.63) is 29.8 Å². The Morgan fingerprint density at radius 2 is 2.00 bits per heavy atom. The van der Waals surface area contributed by atoms with Crippen molar-refractivity contribution in [3.8, 4) is 0 Å². The summed E-state index contributed by atoms with van der Waals surface area (Å²) in [4.78, 5) is 16.6. The van der Waals surface area contributed by atoms with Gasteiger partial charge in [0, 0.05) is 38.4 Å². The zero-order valence-corrected chi connectivity index (χ0v) is 12.7. The van der Waals surface area contributed by atoms with Crippen molar-refractivity contribution in [1.82, 2.24) is 10.2 Å². The smallest absolute Gasteiger partial charge is 0.253 e. The first-order chi connectivity index (χ1) is 9.59. The van der Waals surface area contributed by atoms with E-state index in [9.17, 15) is 4.79 Å². The third-order valence-corrected chi connectivity index (χ3v) is 4.02. The van der Waals surface area contributed by atoms with Crippen LogP contribution in [0.1, 0.15) is 29.6 Å². The van der Waals surface area contributed by atoms with Gasteiger partial charge in [0.2, 0.25) is 0 Å². The number of carbonyl (C=O) groups is 1. The van der Waals surface area contributed by atoms with Crippen molar-refractivity contribution in [2.45, 2.75) is 25.3 Å². The van der Waals surface area contributed by atoms with Gasteiger partial charge >= 0.3 is 0 Å². The minimum absolute atomic E-state index is 0.126. The van der Waals surface area contributed by atoms with Crippen molar-refractivity contribution < 1.29 is 4.79 Å². The number of hydrogen-bond acceptors (Lipinski definition) is 3. The van der Waals surface area contributed by atoms with Crippen LogP contribution in [0.15, 0.2) is 24.3 Å². The molecule has 1 aliphatic heterocycles. The summed E-state index contributed by atoms with van der Waals surface area (Å²) in [6, 6.07) is 8.19. The molecule has 1 fully saturated rings. The Bertz CT molecular complexity index is 451. The number of amides is 1. The molecular formula is C16H25N3O. The van der Waals surface area contributed by atoms with E-state index >= 15 is 0 Å². The fraction of sp³-hybridized carbons (Fsp3) is 0.562. The van der Waals surface area contributed by atoms with E-state index in [1.54, 1.807) is 0 Å². The Hall–Kier alpha value is -1.55. The van der Waals surface area contributed by atoms with Crippen molar-refractivity contribution in [1.29, 1.82) is 0 Å². The van der Waals surface area contributed by atoms with Crippen LogP contribution >= 0.6 is 0 Å². The highest BCUT2D eigenvalue weighted by atomic mass is 16.2. The van der Waals surface area contributed by atoms with Crippen LogP contribution < -0.4 is 10.2 Å². The van der Waals surface area contributed by atoms with Crippen molar-refractivity contribution in [3.63, 3.8) is 0 Å². The van der Waals surface area contributed by atoms with Crippen LogP contribution in [0.3, 0.4) is 0 Å². The van der Waals surface area contributed by atoms with Gasteiger partial charge in [-0.2, -0.15) is 0 Å². The van der Waals surface area contributed by atoms with Crippen LogP contribution in [0.2, 0.25) is 0 Å². The lowest BCUT2D eigenvalue weighted by Gasteiger charge is -2.27. The molecule has 2 rings (SSSR count). The highest BCUT2D eigenvalue weighted by molar-refractivity contribution is 5.95. The van der Waals surface area contributed by atoms with Crippen LogP contribution in [0.5, 0.6) is 0 Å². The Balaban J connectivity index is 2.11. The molecule has 1 N–H and O–H groups in total. The van der Waals surface area contributed by atoms with Gasteiger partial charge in [-0.05, 0) is 50.6 Å². The minimum atomic E-state index is 0.126. The molecule has 20 heavy (non-hydrogen) atoms. The molecule has 1 aliphatic rings. The molecule has 1 heterocycles. The molecule has 1 atom stereocenters. The first kappa shape index (κ1) is 14.9. The summed E-state index contributed by atoms with van der Waals surface area (Å²) in [5.41, 5.74) is 1.84. The van der Waals surface area contributed by atoms with Crippen LogP contribution in [-0.2, 0) is 0 Å². The molecule has 0 saturated carbocycles. The number of nitrogens with zero attached hydrogens (tertiary/aromatic N) is 2. The maximum absolute atomic E-state index is 12.6. The Morgan fingerprint density at radius 3 is 2.75 bits per heavy atom. The topological polar surface area (TPSA) is 35.6 Å². The normalized spacial score (nSPS) is 19.2. The Labute approximate surface area is 121 Å². The molecule has 1 amide bonds. The lowest BCUT2D eigenvalue weighted by Crippen LogP contribution is -2.37. The van der Waals surface area contributed by atoms with Gasteiger partial charge in [0.1, 0.15) is 0 Å². The molecule has 1 unspecified atom stereocenters. The highest BCUT2D eigenvalue weighted by Gasteiger charge is 2.22. The Morgan fingerprint density at radius 1 is 1.20 bits per heavy atom. The fourth-order valence-electron chi connectivity index (χ4n) is 2.67. The Kier molecular flexibility index (Phi) is 5.01. The summed E-state index contributed by atoms with van der Waals surface area (Å²) in [7, 11) is 5.91. The monoisotopic (exact) mass is 275 g/mol. The van der Waals surface area contributed by atoms with Crippen LogP contribution in [0, 0.1) is 0 Å². The van der Waals surface area contributed by atoms with E-state index in [1.165, 1.54) is 0 Å². The van der Waals surface area contributed by atoms with E-state index < -0.39 is 0 Å². The predicted molar refractivity (Wildman–Crippen MR) is 83.4 cm³/mol. The first-order valence-corrected chi connectivity index (χ1v) is 7.35. The van der Waals surface area contributed by atoms with E-state index in [2.05, 4.69) is 5.32 Å². The third-order valence-electron chi connectivity index (χ3n) is 4.02. The fourth-order valence-corrected chi connectivity index (χ4v) is 2.67. The molecule has 110 valence electrons. The zero-order valence-electron chi connectivity index (χ0n) is 12.7. The van der Waals surface area contributed by atoms with Gasteiger partial charge < -0.3 is 15.1 Å². The number of carbonyl (C=O) groups excluding carboxylic acids is 1. The SMILES string of the molecule is CN(C)c1cccc(C(=O)N(C)C2CCCNCC2)c1. The summed E-state index contributed by atoms with van der Waals surface area (Å²) in [6.45, 7) is 2.06. The molecule has 1 saturated heterocycles.